The van der Waals surface area contributed by atoms with Gasteiger partial charge in [0.05, 0.1) is 0 Å². The van der Waals surface area contributed by atoms with Gasteiger partial charge < -0.3 is 5.11 Å². The molecule has 0 bridgehead atoms. The number of aliphatic hydroxyl groups is 1. The zero-order chi connectivity index (χ0) is 13.3. The van der Waals surface area contributed by atoms with Crippen LogP contribution in [-0.4, -0.2) is 5.11 Å². The van der Waals surface area contributed by atoms with E-state index in [-0.39, 0.29) is 5.56 Å². The molecule has 0 saturated heterocycles. The van der Waals surface area contributed by atoms with E-state index >= 15 is 0 Å². The minimum Gasteiger partial charge on any atom is -0.381 e. The lowest BCUT2D eigenvalue weighted by Gasteiger charge is -2.24. The average Bonchev–Trinajstić information content (AvgIpc) is 2.28. The molecule has 0 amide bonds. The molecule has 4 heteroatoms. The molecule has 1 atom stereocenters. The number of hydrogen-bond donors (Lipinski definition) is 1. The molecule has 0 radical (unpaired) electrons. The van der Waals surface area contributed by atoms with Crippen molar-refractivity contribution in [1.29, 1.82) is 0 Å². The van der Waals surface area contributed by atoms with Crippen LogP contribution in [0.1, 0.15) is 18.1 Å². The van der Waals surface area contributed by atoms with Crippen molar-refractivity contribution in [1.82, 2.24) is 0 Å². The predicted octanol–water partition coefficient (Wildman–Crippen LogP) is 3.87. The number of hydrogen-bond acceptors (Lipinski definition) is 1. The average molecular weight is 269 g/mol. The van der Waals surface area contributed by atoms with E-state index < -0.39 is 17.2 Å². The Kier molecular flexibility index (Phi) is 3.37. The maximum Gasteiger partial charge on any atom is 0.126 e. The summed E-state index contributed by atoms with van der Waals surface area (Å²) in [4.78, 5) is 0. The van der Waals surface area contributed by atoms with Gasteiger partial charge in [0.2, 0.25) is 0 Å². The first-order chi connectivity index (χ1) is 8.39. The first-order valence-electron chi connectivity index (χ1n) is 5.34. The van der Waals surface area contributed by atoms with E-state index in [1.54, 1.807) is 24.3 Å². The Morgan fingerprint density at radius 3 is 1.94 bits per heavy atom. The molecule has 1 unspecified atom stereocenters. The molecule has 0 aromatic heterocycles. The molecule has 94 valence electrons. The normalized spacial score (nSPS) is 14.3. The predicted molar refractivity (Wildman–Crippen MR) is 66.5 cm³/mol. The molecule has 2 rings (SSSR count). The van der Waals surface area contributed by atoms with Crippen LogP contribution in [-0.2, 0) is 5.60 Å². The highest BCUT2D eigenvalue weighted by Gasteiger charge is 2.26. The molecule has 0 spiro atoms. The SMILES string of the molecule is CC(O)(c1ccc(Cl)cc1)c1cc(F)cc(F)c1. The fourth-order valence-electron chi connectivity index (χ4n) is 1.78. The third kappa shape index (κ3) is 2.52. The summed E-state index contributed by atoms with van der Waals surface area (Å²) in [6.07, 6.45) is 0. The quantitative estimate of drug-likeness (QED) is 0.876. The van der Waals surface area contributed by atoms with E-state index in [9.17, 15) is 13.9 Å². The molecule has 0 saturated carbocycles. The molecule has 0 heterocycles. The van der Waals surface area contributed by atoms with Crippen molar-refractivity contribution in [3.8, 4) is 0 Å². The van der Waals surface area contributed by atoms with Crippen LogP contribution < -0.4 is 0 Å². The van der Waals surface area contributed by atoms with Crippen LogP contribution in [0, 0.1) is 11.6 Å². The van der Waals surface area contributed by atoms with Gasteiger partial charge in [0, 0.05) is 11.1 Å². The monoisotopic (exact) mass is 268 g/mol. The van der Waals surface area contributed by atoms with Crippen LogP contribution in [0.15, 0.2) is 42.5 Å². The highest BCUT2D eigenvalue weighted by molar-refractivity contribution is 6.30. The van der Waals surface area contributed by atoms with E-state index in [1.165, 1.54) is 6.92 Å². The fourth-order valence-corrected chi connectivity index (χ4v) is 1.90. The Labute approximate surface area is 109 Å². The summed E-state index contributed by atoms with van der Waals surface area (Å²) in [6.45, 7) is 1.48. The molecule has 0 aliphatic carbocycles. The molecular weight excluding hydrogens is 258 g/mol. The van der Waals surface area contributed by atoms with Crippen molar-refractivity contribution in [3.63, 3.8) is 0 Å². The van der Waals surface area contributed by atoms with Crippen molar-refractivity contribution in [2.24, 2.45) is 0 Å². The third-order valence-corrected chi connectivity index (χ3v) is 3.08. The van der Waals surface area contributed by atoms with Gasteiger partial charge in [0.15, 0.2) is 0 Å². The second kappa shape index (κ2) is 4.67. The van der Waals surface area contributed by atoms with Crippen molar-refractivity contribution in [2.75, 3.05) is 0 Å². The Morgan fingerprint density at radius 2 is 1.44 bits per heavy atom. The standard InChI is InChI=1S/C14H11ClF2O/c1-14(18,9-2-4-11(15)5-3-9)10-6-12(16)8-13(17)7-10/h2-8,18H,1H3. The third-order valence-electron chi connectivity index (χ3n) is 2.83. The van der Waals surface area contributed by atoms with Crippen LogP contribution in [0.25, 0.3) is 0 Å². The summed E-state index contributed by atoms with van der Waals surface area (Å²) < 4.78 is 26.3. The number of rotatable bonds is 2. The van der Waals surface area contributed by atoms with Crippen LogP contribution in [0.2, 0.25) is 5.02 Å². The first kappa shape index (κ1) is 13.0. The second-order valence-electron chi connectivity index (χ2n) is 4.24. The van der Waals surface area contributed by atoms with Crippen LogP contribution in [0.5, 0.6) is 0 Å². The van der Waals surface area contributed by atoms with Gasteiger partial charge in [-0.2, -0.15) is 0 Å². The van der Waals surface area contributed by atoms with Gasteiger partial charge in [0.25, 0.3) is 0 Å². The summed E-state index contributed by atoms with van der Waals surface area (Å²) in [5, 5.41) is 10.9. The van der Waals surface area contributed by atoms with E-state index in [4.69, 9.17) is 11.6 Å². The molecular formula is C14H11ClF2O. The summed E-state index contributed by atoms with van der Waals surface area (Å²) in [6, 6.07) is 9.44. The Morgan fingerprint density at radius 1 is 0.944 bits per heavy atom. The molecule has 0 aliphatic rings. The minimum absolute atomic E-state index is 0.155. The summed E-state index contributed by atoms with van der Waals surface area (Å²) in [7, 11) is 0. The van der Waals surface area contributed by atoms with Gasteiger partial charge in [-0.15, -0.1) is 0 Å². The first-order valence-corrected chi connectivity index (χ1v) is 5.72. The lowest BCUT2D eigenvalue weighted by Crippen LogP contribution is -2.23. The molecule has 18 heavy (non-hydrogen) atoms. The second-order valence-corrected chi connectivity index (χ2v) is 4.67. The molecule has 1 nitrogen and oxygen atoms in total. The molecule has 2 aromatic rings. The van der Waals surface area contributed by atoms with Gasteiger partial charge in [-0.3, -0.25) is 0 Å². The maximum atomic E-state index is 13.2. The minimum atomic E-state index is -1.48. The van der Waals surface area contributed by atoms with Crippen molar-refractivity contribution >= 4 is 11.6 Å². The van der Waals surface area contributed by atoms with E-state index in [0.29, 0.717) is 10.6 Å². The zero-order valence-electron chi connectivity index (χ0n) is 9.62. The van der Waals surface area contributed by atoms with Crippen LogP contribution >= 0.6 is 11.6 Å². The molecule has 0 aliphatic heterocycles. The lowest BCUT2D eigenvalue weighted by molar-refractivity contribution is 0.101. The van der Waals surface area contributed by atoms with Gasteiger partial charge in [-0.1, -0.05) is 23.7 Å². The van der Waals surface area contributed by atoms with Gasteiger partial charge in [-0.05, 0) is 42.3 Å². The smallest absolute Gasteiger partial charge is 0.126 e. The van der Waals surface area contributed by atoms with Gasteiger partial charge >= 0.3 is 0 Å². The largest absolute Gasteiger partial charge is 0.381 e. The van der Waals surface area contributed by atoms with Gasteiger partial charge in [0.1, 0.15) is 17.2 Å². The zero-order valence-corrected chi connectivity index (χ0v) is 10.4. The Hall–Kier alpha value is -1.45. The van der Waals surface area contributed by atoms with Gasteiger partial charge in [-0.25, -0.2) is 8.78 Å². The van der Waals surface area contributed by atoms with Crippen molar-refractivity contribution in [3.05, 3.63) is 70.2 Å². The molecule has 1 N–H and O–H groups in total. The Bertz CT molecular complexity index is 544. The van der Waals surface area contributed by atoms with Crippen molar-refractivity contribution < 1.29 is 13.9 Å². The molecule has 0 fully saturated rings. The van der Waals surface area contributed by atoms with E-state index in [0.717, 1.165) is 18.2 Å². The highest BCUT2D eigenvalue weighted by Crippen LogP contribution is 2.30. The fraction of sp³-hybridized carbons (Fsp3) is 0.143. The van der Waals surface area contributed by atoms with Crippen molar-refractivity contribution in [2.45, 2.75) is 12.5 Å². The topological polar surface area (TPSA) is 20.2 Å². The summed E-state index contributed by atoms with van der Waals surface area (Å²) in [5.41, 5.74) is -0.813. The lowest BCUT2D eigenvalue weighted by atomic mass is 9.88. The summed E-state index contributed by atoms with van der Waals surface area (Å²) >= 11 is 5.76. The van der Waals surface area contributed by atoms with Crippen LogP contribution in [0.4, 0.5) is 8.78 Å². The maximum absolute atomic E-state index is 13.2. The summed E-state index contributed by atoms with van der Waals surface area (Å²) in [5.74, 6) is -1.45. The molecule has 2 aromatic carbocycles. The highest BCUT2D eigenvalue weighted by atomic mass is 35.5. The van der Waals surface area contributed by atoms with E-state index in [2.05, 4.69) is 0 Å². The Balaban J connectivity index is 2.49. The number of benzene rings is 2. The van der Waals surface area contributed by atoms with Crippen LogP contribution in [0.3, 0.4) is 0 Å². The number of halogens is 3. The van der Waals surface area contributed by atoms with E-state index in [1.807, 2.05) is 0 Å².